The quantitative estimate of drug-likeness (QED) is 0.00463. The Morgan fingerprint density at radius 1 is 0.385 bits per heavy atom. The van der Waals surface area contributed by atoms with Crippen molar-refractivity contribution in [1.82, 2.24) is 37.5 Å². The second-order valence-corrected chi connectivity index (χ2v) is 32.7. The smallest absolute Gasteiger partial charge is 0.313 e. The highest BCUT2D eigenvalue weighted by Gasteiger charge is 2.25. The highest BCUT2D eigenvalue weighted by atomic mass is 16.6. The first-order valence-corrected chi connectivity index (χ1v) is 45.4. The van der Waals surface area contributed by atoms with Crippen LogP contribution in [-0.2, 0) is 42.7 Å². The van der Waals surface area contributed by atoms with E-state index in [1.807, 2.05) is 145 Å². The molecule has 4 aliphatic heterocycles. The summed E-state index contributed by atoms with van der Waals surface area (Å²) in [6.45, 7) is 30.9. The molecule has 12 aromatic rings. The van der Waals surface area contributed by atoms with Crippen molar-refractivity contribution in [2.24, 2.45) is 10.2 Å². The zero-order valence-electron chi connectivity index (χ0n) is 77.5. The molecule has 4 aromatic carbocycles. The van der Waals surface area contributed by atoms with E-state index in [1.54, 1.807) is 72.3 Å². The van der Waals surface area contributed by atoms with Crippen molar-refractivity contribution in [2.75, 3.05) is 219 Å². The van der Waals surface area contributed by atoms with Gasteiger partial charge in [0.25, 0.3) is 22.2 Å². The lowest BCUT2D eigenvalue weighted by Gasteiger charge is -2.28. The molecular weight excluding hydrogens is 1730 g/mol. The number of phenols is 1. The van der Waals surface area contributed by atoms with Crippen molar-refractivity contribution in [1.29, 1.82) is 0 Å². The molecule has 712 valence electrons. The number of benzene rings is 4. The molecule has 12 heterocycles. The van der Waals surface area contributed by atoms with Crippen LogP contribution < -0.4 is 72.6 Å². The van der Waals surface area contributed by atoms with Crippen LogP contribution in [0.15, 0.2) is 206 Å². The molecule has 0 spiro atoms. The minimum Gasteiger partial charge on any atom is -0.508 e. The Balaban J connectivity index is 0.000000155. The molecule has 0 saturated carbocycles. The van der Waals surface area contributed by atoms with Crippen LogP contribution in [0, 0.1) is 27.7 Å². The standard InChI is InChI=1S/C28H35N7O6.C27H35N7O5.C21H24N4O3.C21H24N4O2/c1-20-17-24(28-32-25(18-26(36)35(28)19-20)34-9-13-40-14-10-34)21(2)31-22-3-5-23(6-4-22)41-27(37)7-11-38-15-16-39-12-8-30-33-29;1-20-17-24(27-31-25(18-26(35)34(27)19-20)33-8-11-37-12-9-33)21(2)30-22-3-5-23(6-4-22)39-16-15-38-14-13-36-10-7-29-32-28;1-14-11-18(15(2)22-16-3-5-17(26)6-4-16)21-23-19(12-20(27)25(21)13-14)24-7-9-28-10-8-24;1-15-12-18(16(2)22-17-6-4-3-5-7-17)21-23-19(13-20(26)25(21)14-15)24-8-10-27-11-9-24/h3-6,17-19,21,31H,7-16H2,1-2H3;3-6,17-19,21,30H,7-16H2,1-2H3;3-6,11-13,15,22,26H,7-10H2,1-2H3;3-7,12-14,16,22H,8-11H2,1-2H3. The topological polar surface area (TPSA) is 426 Å². The third kappa shape index (κ3) is 28.3. The molecule has 4 fully saturated rings. The zero-order chi connectivity index (χ0) is 95.0. The summed E-state index contributed by atoms with van der Waals surface area (Å²) in [5.41, 5.74) is 30.1. The molecule has 5 N–H and O–H groups in total. The summed E-state index contributed by atoms with van der Waals surface area (Å²) < 4.78 is 60.7. The maximum Gasteiger partial charge on any atom is 0.313 e. The van der Waals surface area contributed by atoms with E-state index in [9.17, 15) is 29.1 Å². The van der Waals surface area contributed by atoms with Gasteiger partial charge in [0.2, 0.25) is 0 Å². The molecule has 0 radical (unpaired) electrons. The molecular formula is C97H118N22O16. The van der Waals surface area contributed by atoms with Gasteiger partial charge in [0.1, 0.15) is 69.7 Å². The number of nitrogens with zero attached hydrogens (tertiary/aromatic N) is 18. The SMILES string of the molecule is Cc1cc(C(C)Nc2ccc(O)cc2)c2nc(N3CCOCC3)cc(=O)n2c1.Cc1cc(C(C)Nc2ccc(OC(=O)CCOCCOCCN=[N+]=[N-])cc2)c2nc(N3CCOCC3)cc(=O)n2c1.Cc1cc(C(C)Nc2ccc(OCCOCCOCCN=[N+]=[N-])cc2)c2nc(N3CCOCC3)cc(=O)n2c1.Cc1cc(C(C)Nc2ccccc2)c2nc(N3CCOCC3)cc(=O)n2c1. The lowest BCUT2D eigenvalue weighted by molar-refractivity contribution is -0.135. The van der Waals surface area contributed by atoms with Crippen molar-refractivity contribution in [3.63, 3.8) is 0 Å². The van der Waals surface area contributed by atoms with E-state index in [1.165, 1.54) is 0 Å². The third-order valence-corrected chi connectivity index (χ3v) is 22.5. The van der Waals surface area contributed by atoms with Crippen molar-refractivity contribution >= 4 is 74.6 Å². The second kappa shape index (κ2) is 49.7. The third-order valence-electron chi connectivity index (χ3n) is 22.5. The van der Waals surface area contributed by atoms with Gasteiger partial charge in [-0.15, -0.1) is 0 Å². The number of anilines is 8. The summed E-state index contributed by atoms with van der Waals surface area (Å²) in [6.07, 6.45) is 7.42. The lowest BCUT2D eigenvalue weighted by Crippen LogP contribution is -2.37. The molecule has 4 saturated heterocycles. The van der Waals surface area contributed by atoms with Crippen LogP contribution in [0.4, 0.5) is 46.0 Å². The summed E-state index contributed by atoms with van der Waals surface area (Å²) in [4.78, 5) is 96.8. The number of hydrogen-bond acceptors (Lipinski definition) is 30. The fourth-order valence-corrected chi connectivity index (χ4v) is 15.7. The monoisotopic (exact) mass is 1850 g/mol. The Bertz CT molecular complexity index is 6280. The van der Waals surface area contributed by atoms with Gasteiger partial charge in [-0.25, -0.2) is 19.9 Å². The number of pyridine rings is 4. The lowest BCUT2D eigenvalue weighted by atomic mass is 10.1. The zero-order valence-corrected chi connectivity index (χ0v) is 77.5. The molecule has 0 aliphatic carbocycles. The Morgan fingerprint density at radius 2 is 0.667 bits per heavy atom. The normalized spacial score (nSPS) is 14.7. The molecule has 38 nitrogen and oxygen atoms in total. The van der Waals surface area contributed by atoms with Gasteiger partial charge >= 0.3 is 5.97 Å². The second-order valence-electron chi connectivity index (χ2n) is 32.7. The summed E-state index contributed by atoms with van der Waals surface area (Å²) in [7, 11) is 0. The summed E-state index contributed by atoms with van der Waals surface area (Å²) in [6, 6.07) is 46.2. The van der Waals surface area contributed by atoms with E-state index in [0.29, 0.717) is 184 Å². The number of morpholine rings is 4. The van der Waals surface area contributed by atoms with E-state index in [0.717, 1.165) is 105 Å². The first kappa shape index (κ1) is 98.6. The van der Waals surface area contributed by atoms with Crippen LogP contribution in [0.2, 0.25) is 0 Å². The summed E-state index contributed by atoms with van der Waals surface area (Å²) in [5.74, 6) is 3.75. The van der Waals surface area contributed by atoms with E-state index in [-0.39, 0.29) is 71.7 Å². The minimum atomic E-state index is -0.401. The van der Waals surface area contributed by atoms with Crippen molar-refractivity contribution in [3.8, 4) is 17.2 Å². The van der Waals surface area contributed by atoms with Crippen LogP contribution >= 0.6 is 0 Å². The van der Waals surface area contributed by atoms with E-state index in [2.05, 4.69) is 93.0 Å². The maximum atomic E-state index is 13.0. The number of azide groups is 2. The number of ether oxygens (including phenoxy) is 10. The Labute approximate surface area is 780 Å². The number of hydrogen-bond donors (Lipinski definition) is 5. The Morgan fingerprint density at radius 3 is 0.985 bits per heavy atom. The van der Waals surface area contributed by atoms with Gasteiger partial charge in [0, 0.05) is 169 Å². The van der Waals surface area contributed by atoms with Crippen LogP contribution in [0.25, 0.3) is 43.5 Å². The molecule has 0 amide bonds. The molecule has 4 atom stereocenters. The molecule has 8 aromatic heterocycles. The number of aryl methyl sites for hydroxylation is 4. The van der Waals surface area contributed by atoms with E-state index >= 15 is 0 Å². The van der Waals surface area contributed by atoms with Gasteiger partial charge < -0.3 is 93.3 Å². The number of rotatable bonds is 36. The number of phenolic OH excluding ortho intramolecular Hbond substituents is 1. The van der Waals surface area contributed by atoms with Crippen molar-refractivity contribution in [3.05, 3.63) is 283 Å². The largest absolute Gasteiger partial charge is 0.508 e. The maximum absolute atomic E-state index is 13.0. The highest BCUT2D eigenvalue weighted by molar-refractivity contribution is 5.73. The van der Waals surface area contributed by atoms with Crippen LogP contribution in [0.3, 0.4) is 0 Å². The predicted molar refractivity (Wildman–Crippen MR) is 520 cm³/mol. The predicted octanol–water partition coefficient (Wildman–Crippen LogP) is 13.1. The van der Waals surface area contributed by atoms with Gasteiger partial charge in [0.05, 0.1) is 136 Å². The summed E-state index contributed by atoms with van der Waals surface area (Å²) in [5, 5.41) is 30.2. The fourth-order valence-electron chi connectivity index (χ4n) is 15.7. The minimum absolute atomic E-state index is 0.00846. The van der Waals surface area contributed by atoms with Gasteiger partial charge in [-0.1, -0.05) is 28.4 Å². The van der Waals surface area contributed by atoms with E-state index < -0.39 is 5.97 Å². The average Bonchev–Trinajstić information content (AvgIpc) is 0.786. The number of carbonyl (C=O) groups excluding carboxylic acids is 1. The molecule has 16 rings (SSSR count). The van der Waals surface area contributed by atoms with Gasteiger partial charge in [-0.3, -0.25) is 41.6 Å². The first-order valence-electron chi connectivity index (χ1n) is 45.4. The van der Waals surface area contributed by atoms with Crippen LogP contribution in [-0.4, -0.2) is 226 Å². The number of aromatic hydroxyl groups is 1. The van der Waals surface area contributed by atoms with E-state index in [4.69, 9.17) is 78.4 Å². The molecule has 0 bridgehead atoms. The van der Waals surface area contributed by atoms with Crippen molar-refractivity contribution in [2.45, 2.75) is 86.0 Å². The molecule has 4 aliphatic rings. The van der Waals surface area contributed by atoms with Gasteiger partial charge in [-0.05, 0) is 198 Å². The molecule has 135 heavy (non-hydrogen) atoms. The number of fused-ring (bicyclic) bond motifs is 4. The number of esters is 1. The molecule has 38 heteroatoms. The van der Waals surface area contributed by atoms with Gasteiger partial charge in [-0.2, -0.15) is 0 Å². The summed E-state index contributed by atoms with van der Waals surface area (Å²) >= 11 is 0. The Hall–Kier alpha value is -13.9. The number of aromatic nitrogens is 8. The number of para-hydroxylation sites is 1. The number of carbonyl (C=O) groups is 1. The van der Waals surface area contributed by atoms with Crippen LogP contribution in [0.5, 0.6) is 17.2 Å². The highest BCUT2D eigenvalue weighted by Crippen LogP contribution is 2.32. The fraction of sp³-hybridized carbons (Fsp3) is 0.412. The van der Waals surface area contributed by atoms with Crippen LogP contribution in [0.1, 0.15) is 103 Å². The molecule has 4 unspecified atom stereocenters. The first-order chi connectivity index (χ1) is 65.6. The number of nitrogens with one attached hydrogen (secondary N) is 4. The van der Waals surface area contributed by atoms with Gasteiger partial charge in [0.15, 0.2) is 0 Å². The average molecular weight is 1850 g/mol. The van der Waals surface area contributed by atoms with Crippen molar-refractivity contribution < 1.29 is 57.3 Å². The Kier molecular flexibility index (Phi) is 36.3.